The molecular weight excluding hydrogens is 282 g/mol. The molecule has 0 saturated carbocycles. The zero-order chi connectivity index (χ0) is 14.7. The molecule has 1 aromatic heterocycles. The van der Waals surface area contributed by atoms with E-state index in [1.807, 2.05) is 0 Å². The molecule has 4 nitrogen and oxygen atoms in total. The van der Waals surface area contributed by atoms with Gasteiger partial charge in [0.25, 0.3) is 0 Å². The highest BCUT2D eigenvalue weighted by Crippen LogP contribution is 2.30. The summed E-state index contributed by atoms with van der Waals surface area (Å²) >= 11 is 1.68. The highest BCUT2D eigenvalue weighted by molar-refractivity contribution is 7.15. The average molecular weight is 309 g/mol. The molecule has 0 amide bonds. The molecule has 2 aliphatic rings. The number of hydrogen-bond acceptors (Lipinski definition) is 5. The Morgan fingerprint density at radius 3 is 2.43 bits per heavy atom. The first-order chi connectivity index (χ1) is 10.3. The van der Waals surface area contributed by atoms with Crippen molar-refractivity contribution in [3.05, 3.63) is 10.6 Å². The lowest BCUT2D eigenvalue weighted by atomic mass is 10.0. The molecule has 0 atom stereocenters. The normalized spacial score (nSPS) is 21.9. The Morgan fingerprint density at radius 2 is 1.86 bits per heavy atom. The lowest BCUT2D eigenvalue weighted by Gasteiger charge is -2.40. The SMILES string of the molecule is CCc1nc(N2CCC(N3CCCCC3)CC2)sc1CO. The van der Waals surface area contributed by atoms with Crippen molar-refractivity contribution in [3.63, 3.8) is 0 Å². The lowest BCUT2D eigenvalue weighted by Crippen LogP contribution is -2.46. The van der Waals surface area contributed by atoms with E-state index in [0.717, 1.165) is 41.3 Å². The van der Waals surface area contributed by atoms with Crippen LogP contribution in [0, 0.1) is 0 Å². The largest absolute Gasteiger partial charge is 0.391 e. The van der Waals surface area contributed by atoms with Crippen LogP contribution >= 0.6 is 11.3 Å². The van der Waals surface area contributed by atoms with Gasteiger partial charge in [0, 0.05) is 19.1 Å². The van der Waals surface area contributed by atoms with Gasteiger partial charge in [-0.05, 0) is 45.2 Å². The highest BCUT2D eigenvalue weighted by Gasteiger charge is 2.27. The molecule has 0 aromatic carbocycles. The van der Waals surface area contributed by atoms with Crippen molar-refractivity contribution in [2.45, 2.75) is 58.1 Å². The van der Waals surface area contributed by atoms with E-state index in [4.69, 9.17) is 4.98 Å². The number of piperidine rings is 2. The van der Waals surface area contributed by atoms with Crippen molar-refractivity contribution in [2.24, 2.45) is 0 Å². The van der Waals surface area contributed by atoms with E-state index < -0.39 is 0 Å². The molecule has 1 aromatic rings. The molecule has 0 aliphatic carbocycles. The van der Waals surface area contributed by atoms with Crippen LogP contribution in [0.1, 0.15) is 49.6 Å². The topological polar surface area (TPSA) is 39.6 Å². The minimum absolute atomic E-state index is 0.130. The molecule has 2 aliphatic heterocycles. The molecule has 5 heteroatoms. The van der Waals surface area contributed by atoms with Gasteiger partial charge >= 0.3 is 0 Å². The zero-order valence-corrected chi connectivity index (χ0v) is 13.9. The quantitative estimate of drug-likeness (QED) is 0.928. The van der Waals surface area contributed by atoms with Crippen LogP contribution in [-0.4, -0.2) is 47.2 Å². The van der Waals surface area contributed by atoms with Crippen LogP contribution in [0.25, 0.3) is 0 Å². The van der Waals surface area contributed by atoms with Crippen LogP contribution in [0.15, 0.2) is 0 Å². The molecule has 0 radical (unpaired) electrons. The van der Waals surface area contributed by atoms with Gasteiger partial charge in [-0.3, -0.25) is 0 Å². The molecule has 0 bridgehead atoms. The predicted molar refractivity (Wildman–Crippen MR) is 88.1 cm³/mol. The maximum Gasteiger partial charge on any atom is 0.185 e. The summed E-state index contributed by atoms with van der Waals surface area (Å²) in [6.07, 6.45) is 7.61. The van der Waals surface area contributed by atoms with E-state index in [2.05, 4.69) is 16.7 Å². The Bertz CT molecular complexity index is 427. The molecule has 2 saturated heterocycles. The van der Waals surface area contributed by atoms with Gasteiger partial charge in [0.15, 0.2) is 5.13 Å². The second-order valence-electron chi connectivity index (χ2n) is 6.19. The van der Waals surface area contributed by atoms with Crippen molar-refractivity contribution in [1.82, 2.24) is 9.88 Å². The minimum atomic E-state index is 0.130. The molecule has 3 rings (SSSR count). The summed E-state index contributed by atoms with van der Waals surface area (Å²) in [5.74, 6) is 0. The van der Waals surface area contributed by atoms with E-state index in [-0.39, 0.29) is 6.61 Å². The Balaban J connectivity index is 1.58. The van der Waals surface area contributed by atoms with Gasteiger partial charge in [-0.25, -0.2) is 4.98 Å². The van der Waals surface area contributed by atoms with Crippen LogP contribution in [-0.2, 0) is 13.0 Å². The zero-order valence-electron chi connectivity index (χ0n) is 13.1. The van der Waals surface area contributed by atoms with Crippen LogP contribution in [0.5, 0.6) is 0 Å². The number of aromatic nitrogens is 1. The van der Waals surface area contributed by atoms with Crippen molar-refractivity contribution < 1.29 is 5.11 Å². The molecule has 1 N–H and O–H groups in total. The third-order valence-electron chi connectivity index (χ3n) is 4.89. The summed E-state index contributed by atoms with van der Waals surface area (Å²) in [6.45, 7) is 7.07. The second-order valence-corrected chi connectivity index (χ2v) is 7.25. The number of hydrogen-bond donors (Lipinski definition) is 1. The number of rotatable bonds is 4. The molecule has 0 spiro atoms. The number of anilines is 1. The Hall–Kier alpha value is -0.650. The minimum Gasteiger partial charge on any atom is -0.391 e. The van der Waals surface area contributed by atoms with Crippen LogP contribution in [0.4, 0.5) is 5.13 Å². The maximum absolute atomic E-state index is 9.42. The molecule has 2 fully saturated rings. The van der Waals surface area contributed by atoms with E-state index in [1.54, 1.807) is 11.3 Å². The van der Waals surface area contributed by atoms with Crippen LogP contribution in [0.2, 0.25) is 0 Å². The summed E-state index contributed by atoms with van der Waals surface area (Å²) in [5, 5.41) is 10.5. The number of nitrogens with zero attached hydrogens (tertiary/aromatic N) is 3. The van der Waals surface area contributed by atoms with Crippen molar-refractivity contribution in [1.29, 1.82) is 0 Å². The van der Waals surface area contributed by atoms with Gasteiger partial charge in [0.05, 0.1) is 17.2 Å². The Labute approximate surface area is 131 Å². The predicted octanol–water partition coefficient (Wildman–Crippen LogP) is 2.65. The smallest absolute Gasteiger partial charge is 0.185 e. The van der Waals surface area contributed by atoms with Crippen LogP contribution in [0.3, 0.4) is 0 Å². The third-order valence-corrected chi connectivity index (χ3v) is 6.03. The number of aliphatic hydroxyl groups excluding tert-OH is 1. The van der Waals surface area contributed by atoms with Gasteiger partial charge in [-0.15, -0.1) is 0 Å². The summed E-state index contributed by atoms with van der Waals surface area (Å²) in [4.78, 5) is 10.9. The summed E-state index contributed by atoms with van der Waals surface area (Å²) in [5.41, 5.74) is 1.08. The van der Waals surface area contributed by atoms with Gasteiger partial charge in [-0.1, -0.05) is 24.7 Å². The van der Waals surface area contributed by atoms with Crippen LogP contribution < -0.4 is 4.90 Å². The van der Waals surface area contributed by atoms with Crippen molar-refractivity contribution in [2.75, 3.05) is 31.1 Å². The lowest BCUT2D eigenvalue weighted by molar-refractivity contribution is 0.141. The number of thiazole rings is 1. The Kier molecular flexibility index (Phi) is 5.14. The van der Waals surface area contributed by atoms with Crippen molar-refractivity contribution in [3.8, 4) is 0 Å². The van der Waals surface area contributed by atoms with E-state index in [0.29, 0.717) is 0 Å². The highest BCUT2D eigenvalue weighted by atomic mass is 32.1. The second kappa shape index (κ2) is 7.07. The van der Waals surface area contributed by atoms with Gasteiger partial charge < -0.3 is 14.9 Å². The molecule has 3 heterocycles. The fourth-order valence-corrected chi connectivity index (χ4v) is 4.67. The van der Waals surface area contributed by atoms with Gasteiger partial charge in [-0.2, -0.15) is 0 Å². The molecule has 118 valence electrons. The Morgan fingerprint density at radius 1 is 1.14 bits per heavy atom. The van der Waals surface area contributed by atoms with Crippen molar-refractivity contribution >= 4 is 16.5 Å². The number of likely N-dealkylation sites (tertiary alicyclic amines) is 1. The fourth-order valence-electron chi connectivity index (χ4n) is 3.61. The summed E-state index contributed by atoms with van der Waals surface area (Å²) in [7, 11) is 0. The van der Waals surface area contributed by atoms with Gasteiger partial charge in [0.1, 0.15) is 0 Å². The monoisotopic (exact) mass is 309 g/mol. The van der Waals surface area contributed by atoms with E-state index in [1.165, 1.54) is 45.2 Å². The third kappa shape index (κ3) is 3.41. The van der Waals surface area contributed by atoms with E-state index >= 15 is 0 Å². The molecular formula is C16H27N3OS. The van der Waals surface area contributed by atoms with Gasteiger partial charge in [0.2, 0.25) is 0 Å². The van der Waals surface area contributed by atoms with E-state index in [9.17, 15) is 5.11 Å². The first-order valence-electron chi connectivity index (χ1n) is 8.40. The number of aliphatic hydroxyl groups is 1. The maximum atomic E-state index is 9.42. The average Bonchev–Trinajstić information content (AvgIpc) is 2.99. The first-order valence-corrected chi connectivity index (χ1v) is 9.22. The first kappa shape index (κ1) is 15.3. The summed E-state index contributed by atoms with van der Waals surface area (Å²) in [6, 6.07) is 0.782. The molecule has 0 unspecified atom stereocenters. The molecule has 21 heavy (non-hydrogen) atoms. The fraction of sp³-hybridized carbons (Fsp3) is 0.812. The number of aryl methyl sites for hydroxylation is 1. The summed E-state index contributed by atoms with van der Waals surface area (Å²) < 4.78 is 0. The standard InChI is InChI=1S/C16H27N3OS/c1-2-14-15(12-20)21-16(17-14)19-10-6-13(7-11-19)18-8-4-3-5-9-18/h13,20H,2-12H2,1H3.